The fraction of sp³-hybridized carbons (Fsp3) is 0.643. The van der Waals surface area contributed by atoms with Crippen LogP contribution in [0, 0.1) is 0 Å². The van der Waals surface area contributed by atoms with Crippen LogP contribution in [0.5, 0.6) is 0 Å². The molecule has 0 aliphatic rings. The number of pyridine rings is 1. The van der Waals surface area contributed by atoms with Crippen LogP contribution >= 0.6 is 0 Å². The third-order valence-electron chi connectivity index (χ3n) is 2.68. The van der Waals surface area contributed by atoms with Gasteiger partial charge in [-0.25, -0.2) is 4.98 Å². The monoisotopic (exact) mass is 305 g/mol. The summed E-state index contributed by atoms with van der Waals surface area (Å²) in [7, 11) is 0. The molecule has 0 amide bonds. The van der Waals surface area contributed by atoms with Crippen molar-refractivity contribution in [2.24, 2.45) is 0 Å². The summed E-state index contributed by atoms with van der Waals surface area (Å²) in [5.41, 5.74) is -0.720. The number of hydrogen-bond donors (Lipinski definition) is 2. The van der Waals surface area contributed by atoms with Gasteiger partial charge in [0.15, 0.2) is 0 Å². The van der Waals surface area contributed by atoms with Crippen molar-refractivity contribution in [1.29, 1.82) is 0 Å². The Morgan fingerprint density at radius 3 is 2.48 bits per heavy atom. The van der Waals surface area contributed by atoms with E-state index in [0.717, 1.165) is 18.6 Å². The minimum atomic E-state index is -4.40. The number of ether oxygens (including phenoxy) is 1. The fourth-order valence-corrected chi connectivity index (χ4v) is 1.70. The van der Waals surface area contributed by atoms with E-state index < -0.39 is 11.7 Å². The molecule has 1 unspecified atom stereocenters. The van der Waals surface area contributed by atoms with Crippen molar-refractivity contribution in [3.8, 4) is 0 Å². The molecular formula is C14H22F3N3O. The molecule has 0 saturated carbocycles. The Hall–Kier alpha value is -1.50. The molecule has 1 atom stereocenters. The summed E-state index contributed by atoms with van der Waals surface area (Å²) in [5.74, 6) is 0.411. The summed E-state index contributed by atoms with van der Waals surface area (Å²) in [6.45, 7) is 7.17. The summed E-state index contributed by atoms with van der Waals surface area (Å²) < 4.78 is 43.9. The number of nitrogens with one attached hydrogen (secondary N) is 2. The zero-order valence-corrected chi connectivity index (χ0v) is 12.5. The van der Waals surface area contributed by atoms with Gasteiger partial charge in [-0.2, -0.15) is 13.2 Å². The lowest BCUT2D eigenvalue weighted by Crippen LogP contribution is -2.23. The highest BCUT2D eigenvalue weighted by atomic mass is 19.4. The molecule has 0 fully saturated rings. The van der Waals surface area contributed by atoms with E-state index in [1.54, 1.807) is 0 Å². The topological polar surface area (TPSA) is 46.2 Å². The van der Waals surface area contributed by atoms with Crippen molar-refractivity contribution in [3.63, 3.8) is 0 Å². The average Bonchev–Trinajstić information content (AvgIpc) is 2.41. The van der Waals surface area contributed by atoms with Crippen LogP contribution < -0.4 is 10.6 Å². The van der Waals surface area contributed by atoms with Gasteiger partial charge in [-0.1, -0.05) is 6.92 Å². The van der Waals surface area contributed by atoms with E-state index in [-0.39, 0.29) is 17.7 Å². The van der Waals surface area contributed by atoms with Crippen molar-refractivity contribution < 1.29 is 17.9 Å². The van der Waals surface area contributed by atoms with Gasteiger partial charge in [0, 0.05) is 19.2 Å². The number of anilines is 2. The summed E-state index contributed by atoms with van der Waals surface area (Å²) in [5, 5.41) is 5.81. The molecule has 1 heterocycles. The highest BCUT2D eigenvalue weighted by Crippen LogP contribution is 2.32. The molecule has 0 bridgehead atoms. The third-order valence-corrected chi connectivity index (χ3v) is 2.68. The number of nitrogens with zero attached hydrogens (tertiary/aromatic N) is 1. The lowest BCUT2D eigenvalue weighted by molar-refractivity contribution is -0.137. The predicted molar refractivity (Wildman–Crippen MR) is 77.6 cm³/mol. The van der Waals surface area contributed by atoms with E-state index in [1.165, 1.54) is 0 Å². The second-order valence-corrected chi connectivity index (χ2v) is 4.76. The van der Waals surface area contributed by atoms with Crippen LogP contribution in [0.3, 0.4) is 0 Å². The molecule has 120 valence electrons. The zero-order chi connectivity index (χ0) is 15.9. The van der Waals surface area contributed by atoms with Crippen LogP contribution in [0.1, 0.15) is 32.8 Å². The second kappa shape index (κ2) is 8.07. The SMILES string of the molecule is CCCNc1cc(C(F)(F)F)cc(NC(C)COCC)n1. The van der Waals surface area contributed by atoms with E-state index in [4.69, 9.17) is 4.74 Å². The number of hydrogen-bond acceptors (Lipinski definition) is 4. The average molecular weight is 305 g/mol. The van der Waals surface area contributed by atoms with Crippen molar-refractivity contribution in [1.82, 2.24) is 4.98 Å². The first kappa shape index (κ1) is 17.6. The van der Waals surface area contributed by atoms with Crippen LogP contribution in [0.4, 0.5) is 24.8 Å². The smallest absolute Gasteiger partial charge is 0.380 e. The summed E-state index contributed by atoms with van der Waals surface area (Å²) >= 11 is 0. The minimum Gasteiger partial charge on any atom is -0.380 e. The summed E-state index contributed by atoms with van der Waals surface area (Å²) in [6, 6.07) is 1.91. The van der Waals surface area contributed by atoms with Gasteiger partial charge in [-0.15, -0.1) is 0 Å². The maximum absolute atomic E-state index is 12.9. The quantitative estimate of drug-likeness (QED) is 0.767. The van der Waals surface area contributed by atoms with E-state index in [2.05, 4.69) is 15.6 Å². The Labute approximate surface area is 123 Å². The molecule has 0 spiro atoms. The van der Waals surface area contributed by atoms with E-state index >= 15 is 0 Å². The second-order valence-electron chi connectivity index (χ2n) is 4.76. The van der Waals surface area contributed by atoms with Crippen LogP contribution in [-0.4, -0.2) is 30.8 Å². The molecule has 7 heteroatoms. The largest absolute Gasteiger partial charge is 0.416 e. The first-order valence-electron chi connectivity index (χ1n) is 7.04. The number of aromatic nitrogens is 1. The molecule has 0 aliphatic heterocycles. The predicted octanol–water partition coefficient (Wildman–Crippen LogP) is 3.76. The van der Waals surface area contributed by atoms with Crippen LogP contribution in [0.25, 0.3) is 0 Å². The van der Waals surface area contributed by atoms with Gasteiger partial charge in [0.25, 0.3) is 0 Å². The van der Waals surface area contributed by atoms with Gasteiger partial charge in [-0.05, 0) is 32.4 Å². The Morgan fingerprint density at radius 2 is 1.90 bits per heavy atom. The first-order chi connectivity index (χ1) is 9.86. The Balaban J connectivity index is 2.90. The Kier molecular flexibility index (Phi) is 6.74. The van der Waals surface area contributed by atoms with Crippen molar-refractivity contribution >= 4 is 11.6 Å². The molecule has 0 aromatic carbocycles. The highest BCUT2D eigenvalue weighted by molar-refractivity contribution is 5.50. The lowest BCUT2D eigenvalue weighted by Gasteiger charge is -2.17. The fourth-order valence-electron chi connectivity index (χ4n) is 1.70. The van der Waals surface area contributed by atoms with Gasteiger partial charge in [0.05, 0.1) is 12.2 Å². The standard InChI is InChI=1S/C14H22F3N3O/c1-4-6-18-12-7-11(14(15,16)17)8-13(20-12)19-10(3)9-21-5-2/h7-8,10H,4-6,9H2,1-3H3,(H2,18,19,20). The molecule has 0 aliphatic carbocycles. The zero-order valence-electron chi connectivity index (χ0n) is 12.5. The maximum Gasteiger partial charge on any atom is 0.416 e. The van der Waals surface area contributed by atoms with Gasteiger partial charge in [0.1, 0.15) is 11.6 Å². The van der Waals surface area contributed by atoms with Crippen molar-refractivity contribution in [3.05, 3.63) is 17.7 Å². The van der Waals surface area contributed by atoms with E-state index in [0.29, 0.717) is 19.8 Å². The van der Waals surface area contributed by atoms with Crippen LogP contribution in [0.2, 0.25) is 0 Å². The Bertz CT molecular complexity index is 438. The van der Waals surface area contributed by atoms with Crippen molar-refractivity contribution in [2.45, 2.75) is 39.4 Å². The molecule has 2 N–H and O–H groups in total. The third kappa shape index (κ3) is 6.20. The van der Waals surface area contributed by atoms with E-state index in [9.17, 15) is 13.2 Å². The number of alkyl halides is 3. The first-order valence-corrected chi connectivity index (χ1v) is 7.04. The van der Waals surface area contributed by atoms with Gasteiger partial charge < -0.3 is 15.4 Å². The molecule has 1 aromatic heterocycles. The number of rotatable bonds is 8. The van der Waals surface area contributed by atoms with Crippen molar-refractivity contribution in [2.75, 3.05) is 30.4 Å². The molecule has 1 rings (SSSR count). The highest BCUT2D eigenvalue weighted by Gasteiger charge is 2.31. The minimum absolute atomic E-state index is 0.125. The van der Waals surface area contributed by atoms with Gasteiger partial charge in [0.2, 0.25) is 0 Å². The van der Waals surface area contributed by atoms with E-state index in [1.807, 2.05) is 20.8 Å². The lowest BCUT2D eigenvalue weighted by atomic mass is 10.2. The molecule has 4 nitrogen and oxygen atoms in total. The molecule has 21 heavy (non-hydrogen) atoms. The van der Waals surface area contributed by atoms with Gasteiger partial charge in [-0.3, -0.25) is 0 Å². The Morgan fingerprint density at radius 1 is 1.24 bits per heavy atom. The van der Waals surface area contributed by atoms with Crippen LogP contribution in [-0.2, 0) is 10.9 Å². The summed E-state index contributed by atoms with van der Waals surface area (Å²) in [4.78, 5) is 4.15. The normalized spacial score (nSPS) is 13.0. The molecule has 0 saturated heterocycles. The summed E-state index contributed by atoms with van der Waals surface area (Å²) in [6.07, 6.45) is -3.59. The van der Waals surface area contributed by atoms with Gasteiger partial charge >= 0.3 is 6.18 Å². The number of halogens is 3. The maximum atomic E-state index is 12.9. The molecular weight excluding hydrogens is 283 g/mol. The molecule has 1 aromatic rings. The van der Waals surface area contributed by atoms with Crippen LogP contribution in [0.15, 0.2) is 12.1 Å². The molecule has 0 radical (unpaired) electrons.